The van der Waals surface area contributed by atoms with Crippen LogP contribution in [0.5, 0.6) is 0 Å². The highest BCUT2D eigenvalue weighted by atomic mass is 32.2. The first-order valence-electron chi connectivity index (χ1n) is 34.2. The van der Waals surface area contributed by atoms with Gasteiger partial charge in [0.15, 0.2) is 47.2 Å². The molecule has 52 heteroatoms. The van der Waals surface area contributed by atoms with Gasteiger partial charge in [-0.1, -0.05) is 12.1 Å². The number of hydrogen-bond donors (Lipinski definition) is 24. The molecule has 0 saturated heterocycles. The van der Waals surface area contributed by atoms with Crippen molar-refractivity contribution in [2.75, 3.05) is 73.6 Å². The van der Waals surface area contributed by atoms with Crippen LogP contribution in [0.4, 0.5) is 57.9 Å². The van der Waals surface area contributed by atoms with Crippen molar-refractivity contribution in [2.24, 2.45) is 9.98 Å². The van der Waals surface area contributed by atoms with Gasteiger partial charge in [0.2, 0.25) is 75.1 Å². The topological polar surface area (TPSA) is 767 Å². The zero-order chi connectivity index (χ0) is 86.8. The van der Waals surface area contributed by atoms with E-state index in [-0.39, 0.29) is 77.5 Å². The van der Waals surface area contributed by atoms with Crippen molar-refractivity contribution in [1.82, 2.24) is 47.1 Å². The van der Waals surface area contributed by atoms with Gasteiger partial charge < -0.3 is 62.1 Å². The fourth-order valence-electron chi connectivity index (χ4n) is 10.6. The molecule has 0 unspecified atom stereocenters. The molecule has 2 heterocycles. The number of aliphatic hydroxyl groups is 8. The van der Waals surface area contributed by atoms with Crippen molar-refractivity contribution in [3.8, 4) is 11.1 Å². The Kier molecular flexibility index (Phi) is 29.9. The van der Waals surface area contributed by atoms with Crippen molar-refractivity contribution in [3.05, 3.63) is 145 Å². The third kappa shape index (κ3) is 25.7. The van der Waals surface area contributed by atoms with Crippen LogP contribution in [0.25, 0.3) is 11.1 Å². The summed E-state index contributed by atoms with van der Waals surface area (Å²) in [5.74, 6) is -7.87. The summed E-state index contributed by atoms with van der Waals surface area (Å²) >= 11 is 0. The van der Waals surface area contributed by atoms with Gasteiger partial charge in [-0.3, -0.25) is 62.3 Å². The molecule has 8 aromatic rings. The van der Waals surface area contributed by atoms with Gasteiger partial charge in [-0.05, 0) is 121 Å². The second-order valence-corrected chi connectivity index (χ2v) is 35.5. The quantitative estimate of drug-likeness (QED) is 0.0105. The number of aromatic amines is 2. The number of sulfonamides is 4. The number of aromatic nitrogens is 6. The zero-order valence-electron chi connectivity index (χ0n) is 61.3. The molecule has 0 spiro atoms. The Hall–Kier alpha value is -12.6. The number of nitrogens with zero attached hydrogens (tertiary/aromatic N) is 10. The Labute approximate surface area is 672 Å². The van der Waals surface area contributed by atoms with E-state index in [1.54, 1.807) is 0 Å². The van der Waals surface area contributed by atoms with Crippen LogP contribution in [-0.4, -0.2) is 247 Å². The summed E-state index contributed by atoms with van der Waals surface area (Å²) in [5.41, 5.74) is -2.28. The highest BCUT2D eigenvalue weighted by molar-refractivity contribution is 7.90. The Bertz CT molecular complexity index is 5340. The predicted octanol–water partition coefficient (Wildman–Crippen LogP) is 6.89. The lowest BCUT2D eigenvalue weighted by Crippen LogP contribution is -2.34. The van der Waals surface area contributed by atoms with Gasteiger partial charge in [-0.25, -0.2) is 43.7 Å². The first-order valence-corrected chi connectivity index (χ1v) is 42.8. The van der Waals surface area contributed by atoms with E-state index >= 15 is 0 Å². The molecule has 630 valence electrons. The van der Waals surface area contributed by atoms with E-state index in [1.165, 1.54) is 48.5 Å². The maximum atomic E-state index is 13.8. The third-order valence-corrected chi connectivity index (χ3v) is 25.8. The molecule has 0 aliphatic carbocycles. The molecule has 0 aliphatic rings. The van der Waals surface area contributed by atoms with E-state index in [0.29, 0.717) is 0 Å². The molecule has 6 aromatic carbocycles. The van der Waals surface area contributed by atoms with Crippen molar-refractivity contribution >= 4 is 165 Å². The number of nitrogens with one attached hydrogen (secondary N) is 14. The summed E-state index contributed by atoms with van der Waals surface area (Å²) in [4.78, 5) is 28.6. The second-order valence-electron chi connectivity index (χ2n) is 25.0. The average molecular weight is 1750 g/mol. The van der Waals surface area contributed by atoms with Crippen molar-refractivity contribution in [1.29, 1.82) is 43.3 Å². The molecule has 0 saturated carbocycles. The Morgan fingerprint density at radius 2 is 0.525 bits per heavy atom. The molecule has 0 radical (unpaired) electrons. The molecule has 0 aliphatic heterocycles. The third-order valence-electron chi connectivity index (χ3n) is 16.4. The summed E-state index contributed by atoms with van der Waals surface area (Å²) in [5, 5.41) is 147. The normalized spacial score (nSPS) is 12.5. The molecule has 0 amide bonds. The molecule has 118 heavy (non-hydrogen) atoms. The molecule has 0 atom stereocenters. The van der Waals surface area contributed by atoms with Crippen molar-refractivity contribution < 1.29 is 100 Å². The highest BCUT2D eigenvalue weighted by Crippen LogP contribution is 2.37. The van der Waals surface area contributed by atoms with Crippen LogP contribution in [0, 0.1) is 43.3 Å². The number of benzene rings is 6. The zero-order valence-corrected chi connectivity index (χ0v) is 66.2. The number of hydrogen-bond acceptors (Lipinski definition) is 30. The second kappa shape index (κ2) is 38.9. The molecule has 0 fully saturated rings. The van der Waals surface area contributed by atoms with Crippen LogP contribution < -0.4 is 32.5 Å². The largest absolute Gasteiger partial charge is 0.497 e. The van der Waals surface area contributed by atoms with E-state index in [9.17, 15) is 100 Å². The van der Waals surface area contributed by atoms with Gasteiger partial charge in [0.05, 0.1) is 31.0 Å². The van der Waals surface area contributed by atoms with Crippen LogP contribution >= 0.6 is 0 Å². The number of H-pyrrole nitrogens is 2. The van der Waals surface area contributed by atoms with Gasteiger partial charge in [-0.2, -0.15) is 54.0 Å². The van der Waals surface area contributed by atoms with E-state index in [1.807, 2.05) is 0 Å². The van der Waals surface area contributed by atoms with Crippen molar-refractivity contribution in [2.45, 2.75) is 80.7 Å². The Balaban J connectivity index is 1.20. The van der Waals surface area contributed by atoms with Crippen LogP contribution in [-0.2, 0) is 60.3 Å². The highest BCUT2D eigenvalue weighted by Gasteiger charge is 2.31. The molecule has 0 bridgehead atoms. The molecule has 8 rings (SSSR count). The minimum absolute atomic E-state index is 0.102. The van der Waals surface area contributed by atoms with Crippen molar-refractivity contribution in [3.63, 3.8) is 0 Å². The Morgan fingerprint density at radius 1 is 0.314 bits per heavy atom. The standard InChI is InChI=1S/C66H78N24O22S6/c67-53(91)21-29-87(30-22-54(68)92)113(99,100)45-11-1-39(2-12-45)75-61-81-62(76-40-3-13-46(14-4-40)114(101,102)88(31-23-55(69)93)32-24-56(70)94)84-65(83-61)79-43-9-19-49(51(37-43)117(107,108)109)50-20-10-44(38-52(50)118(110,111)112)80-66-85-63(77-41-5-15-47(16-6-41)115(103,104)89(33-25-57(71)95)34-26-58(72)96)82-64(86-66)78-42-7-17-48(18-8-42)116(105,106)90(35-27-59(73)97)36-28-60(74)98/h1-20,37-38H,21-36H2,(H2,67,91)(H2,68,92)(H2,69,93)(H2,70,94)(H2,71,95)(H2,72,96)(H2,73,97)(H2,74,98)(H,107,108,109)(H,110,111,112)(H3,75,76,79,81,83,84)(H3,77,78,80,82,85,86). The van der Waals surface area contributed by atoms with Crippen LogP contribution in [0.2, 0.25) is 0 Å². The summed E-state index contributed by atoms with van der Waals surface area (Å²) in [6, 6.07) is 25.2. The lowest BCUT2D eigenvalue weighted by molar-refractivity contribution is 0.403. The van der Waals surface area contributed by atoms with E-state index in [4.69, 9.17) is 43.3 Å². The predicted molar refractivity (Wildman–Crippen MR) is 428 cm³/mol. The maximum Gasteiger partial charge on any atom is 0.295 e. The van der Waals surface area contributed by atoms with Gasteiger partial charge >= 0.3 is 0 Å². The first-order chi connectivity index (χ1) is 55.3. The maximum absolute atomic E-state index is 13.8. The lowest BCUT2D eigenvalue weighted by atomic mass is 10.0. The minimum atomic E-state index is -5.46. The summed E-state index contributed by atoms with van der Waals surface area (Å²) in [6.07, 6.45) is -3.25. The van der Waals surface area contributed by atoms with Gasteiger partial charge in [-0.15, -0.1) is 0 Å². The summed E-state index contributed by atoms with van der Waals surface area (Å²) < 4.78 is 189. The number of aliphatic hydroxyl groups excluding tert-OH is 8. The van der Waals surface area contributed by atoms with E-state index in [2.05, 4.69) is 61.2 Å². The molecular weight excluding hydrogens is 1670 g/mol. The molecule has 46 nitrogen and oxygen atoms in total. The van der Waals surface area contributed by atoms with Gasteiger partial charge in [0.25, 0.3) is 20.2 Å². The van der Waals surface area contributed by atoms with Gasteiger partial charge in [0.1, 0.15) is 9.79 Å². The molecule has 2 aromatic heterocycles. The first kappa shape index (κ1) is 90.9. The monoisotopic (exact) mass is 1750 g/mol. The average Bonchev–Trinajstić information content (AvgIpc) is 0.766. The van der Waals surface area contributed by atoms with Crippen LogP contribution in [0.15, 0.2) is 173 Å². The molecule has 24 N–H and O–H groups in total. The summed E-state index contributed by atoms with van der Waals surface area (Å²) in [6.45, 7) is -3.23. The molecular formula is C66H78N24O22S6. The fourth-order valence-corrected chi connectivity index (χ4v) is 17.8. The van der Waals surface area contributed by atoms with Crippen LogP contribution in [0.3, 0.4) is 0 Å². The Morgan fingerprint density at radius 3 is 0.729 bits per heavy atom. The minimum Gasteiger partial charge on any atom is -0.497 e. The van der Waals surface area contributed by atoms with E-state index < -0.39 is 243 Å². The van der Waals surface area contributed by atoms with Crippen LogP contribution in [0.1, 0.15) is 51.4 Å². The fraction of sp³-hybridized carbons (Fsp3) is 0.242. The smallest absolute Gasteiger partial charge is 0.295 e. The van der Waals surface area contributed by atoms with E-state index in [0.717, 1.165) is 102 Å². The van der Waals surface area contributed by atoms with Gasteiger partial charge in [0, 0.05) is 138 Å². The number of anilines is 8. The SMILES string of the molecule is N=C(O)CCN(CCC(=N)O)S(=O)(=O)c1ccc(Nc2nc(Nc3ccc(S(=O)(=O)N(CCC(=N)O)CCC(=N)O)cc3)[nH]c(=Nc3ccc(-c4ccc(N=c5nc(Nc6ccc(S(=O)(=O)N(CCC(=N)O)CCC(=N)O)cc6)nc(Nc6ccc(S(=O)(=O)N(CCC(=N)O)CCC(=N)O)cc6)[nH]5)cc4S(=O)(=O)O)c(S(=O)(=O)O)c3)n2)cc1. The summed E-state index contributed by atoms with van der Waals surface area (Å²) in [7, 11) is -28.5. The lowest BCUT2D eigenvalue weighted by Gasteiger charge is -2.21. The number of rotatable bonds is 45.